The Bertz CT molecular complexity index is 956. The summed E-state index contributed by atoms with van der Waals surface area (Å²) in [6.07, 6.45) is 1.40. The van der Waals surface area contributed by atoms with Crippen LogP contribution in [0.25, 0.3) is 0 Å². The van der Waals surface area contributed by atoms with E-state index in [0.29, 0.717) is 17.1 Å². The number of benzene rings is 2. The molecule has 28 heavy (non-hydrogen) atoms. The molecule has 0 fully saturated rings. The number of hydrogen-bond acceptors (Lipinski definition) is 6. The van der Waals surface area contributed by atoms with Crippen LogP contribution in [-0.4, -0.2) is 52.7 Å². The Morgan fingerprint density at radius 1 is 1.14 bits per heavy atom. The largest absolute Gasteiger partial charge is 0.497 e. The Labute approximate surface area is 164 Å². The fourth-order valence-electron chi connectivity index (χ4n) is 2.33. The van der Waals surface area contributed by atoms with Crippen LogP contribution in [0.5, 0.6) is 11.5 Å². The lowest BCUT2D eigenvalue weighted by Crippen LogP contribution is -2.36. The molecule has 2 aromatic carbocycles. The van der Waals surface area contributed by atoms with Crippen molar-refractivity contribution >= 4 is 22.1 Å². The molecule has 1 N–H and O–H groups in total. The minimum Gasteiger partial charge on any atom is -0.497 e. The molecular formula is C19H23N3O5S. The molecule has 150 valence electrons. The molecule has 9 heteroatoms. The first-order chi connectivity index (χ1) is 13.3. The van der Waals surface area contributed by atoms with E-state index in [-0.39, 0.29) is 11.4 Å². The Morgan fingerprint density at radius 3 is 2.43 bits per heavy atom. The van der Waals surface area contributed by atoms with Gasteiger partial charge in [-0.25, -0.2) is 13.8 Å². The maximum atomic E-state index is 12.5. The van der Waals surface area contributed by atoms with Crippen molar-refractivity contribution < 1.29 is 22.7 Å². The van der Waals surface area contributed by atoms with Gasteiger partial charge in [-0.1, -0.05) is 17.7 Å². The number of methoxy groups -OCH3 is 2. The summed E-state index contributed by atoms with van der Waals surface area (Å²) in [7, 11) is 0.626. The van der Waals surface area contributed by atoms with Gasteiger partial charge in [0.1, 0.15) is 11.5 Å². The molecule has 8 nitrogen and oxygen atoms in total. The third-order valence-electron chi connectivity index (χ3n) is 3.93. The first-order valence-corrected chi connectivity index (χ1v) is 9.79. The molecule has 0 saturated carbocycles. The molecule has 0 bridgehead atoms. The molecule has 2 aromatic rings. The first-order valence-electron chi connectivity index (χ1n) is 8.35. The predicted octanol–water partition coefficient (Wildman–Crippen LogP) is 1.78. The van der Waals surface area contributed by atoms with Crippen molar-refractivity contribution in [2.45, 2.75) is 11.8 Å². The third-order valence-corrected chi connectivity index (χ3v) is 5.74. The number of hydrazone groups is 1. The smallest absolute Gasteiger partial charge is 0.255 e. The van der Waals surface area contributed by atoms with E-state index in [9.17, 15) is 13.2 Å². The van der Waals surface area contributed by atoms with Gasteiger partial charge in [0.05, 0.1) is 31.9 Å². The number of nitrogens with one attached hydrogen (secondary N) is 1. The Hall–Kier alpha value is -2.91. The van der Waals surface area contributed by atoms with Gasteiger partial charge in [0.25, 0.3) is 5.91 Å². The topological polar surface area (TPSA) is 97.3 Å². The standard InChI is InChI=1S/C19H23N3O5S/c1-14-5-8-17(9-6-14)28(24,25)22(2)13-19(23)21-20-12-15-11-16(26-3)7-10-18(15)27-4/h5-12H,13H2,1-4H3,(H,21,23)/b20-12+. The van der Waals surface area contributed by atoms with Crippen molar-refractivity contribution in [1.29, 1.82) is 0 Å². The molecule has 0 saturated heterocycles. The van der Waals surface area contributed by atoms with Gasteiger partial charge >= 0.3 is 0 Å². The molecular weight excluding hydrogens is 382 g/mol. The van der Waals surface area contributed by atoms with Crippen molar-refractivity contribution in [3.8, 4) is 11.5 Å². The van der Waals surface area contributed by atoms with E-state index in [0.717, 1.165) is 9.87 Å². The summed E-state index contributed by atoms with van der Waals surface area (Å²) < 4.78 is 36.3. The van der Waals surface area contributed by atoms with E-state index >= 15 is 0 Å². The van der Waals surface area contributed by atoms with E-state index in [4.69, 9.17) is 9.47 Å². The number of likely N-dealkylation sites (N-methyl/N-ethyl adjacent to an activating group) is 1. The minimum absolute atomic E-state index is 0.123. The molecule has 1 amide bonds. The average Bonchev–Trinajstić information content (AvgIpc) is 2.68. The van der Waals surface area contributed by atoms with E-state index in [1.54, 1.807) is 30.3 Å². The lowest BCUT2D eigenvalue weighted by molar-refractivity contribution is -0.121. The summed E-state index contributed by atoms with van der Waals surface area (Å²) in [5.74, 6) is 0.590. The molecule has 0 aliphatic rings. The quantitative estimate of drug-likeness (QED) is 0.533. The summed E-state index contributed by atoms with van der Waals surface area (Å²) in [5.41, 5.74) is 3.86. The van der Waals surface area contributed by atoms with Crippen LogP contribution in [0.4, 0.5) is 0 Å². The lowest BCUT2D eigenvalue weighted by Gasteiger charge is -2.16. The molecule has 0 atom stereocenters. The molecule has 0 unspecified atom stereocenters. The molecule has 0 heterocycles. The highest BCUT2D eigenvalue weighted by Crippen LogP contribution is 2.22. The summed E-state index contributed by atoms with van der Waals surface area (Å²) in [5, 5.41) is 3.86. The van der Waals surface area contributed by atoms with Crippen LogP contribution in [-0.2, 0) is 14.8 Å². The fourth-order valence-corrected chi connectivity index (χ4v) is 3.45. The number of nitrogens with zero attached hydrogens (tertiary/aromatic N) is 2. The zero-order valence-electron chi connectivity index (χ0n) is 16.2. The number of carbonyl (C=O) groups is 1. The van der Waals surface area contributed by atoms with Crippen LogP contribution in [0.1, 0.15) is 11.1 Å². The zero-order valence-corrected chi connectivity index (χ0v) is 17.0. The van der Waals surface area contributed by atoms with Crippen LogP contribution in [0.3, 0.4) is 0 Å². The van der Waals surface area contributed by atoms with E-state index in [1.165, 1.54) is 39.6 Å². The third kappa shape index (κ3) is 5.30. The van der Waals surface area contributed by atoms with Crippen LogP contribution in [0.2, 0.25) is 0 Å². The van der Waals surface area contributed by atoms with Crippen LogP contribution >= 0.6 is 0 Å². The SMILES string of the molecule is COc1ccc(OC)c(/C=N/NC(=O)CN(C)S(=O)(=O)c2ccc(C)cc2)c1. The van der Waals surface area contributed by atoms with Gasteiger partial charge in [-0.15, -0.1) is 0 Å². The highest BCUT2D eigenvalue weighted by molar-refractivity contribution is 7.89. The van der Waals surface area contributed by atoms with Gasteiger partial charge in [-0.05, 0) is 37.3 Å². The second-order valence-corrected chi connectivity index (χ2v) is 8.02. The second-order valence-electron chi connectivity index (χ2n) is 5.98. The molecule has 0 spiro atoms. The summed E-state index contributed by atoms with van der Waals surface area (Å²) >= 11 is 0. The fraction of sp³-hybridized carbons (Fsp3) is 0.263. The molecule has 0 aromatic heterocycles. The van der Waals surface area contributed by atoms with Crippen molar-refractivity contribution in [2.24, 2.45) is 5.10 Å². The van der Waals surface area contributed by atoms with Gasteiger partial charge in [0.2, 0.25) is 10.0 Å². The Balaban J connectivity index is 2.02. The van der Waals surface area contributed by atoms with Crippen molar-refractivity contribution in [3.05, 3.63) is 53.6 Å². The number of carbonyl (C=O) groups excluding carboxylic acids is 1. The van der Waals surface area contributed by atoms with Gasteiger partial charge < -0.3 is 9.47 Å². The minimum atomic E-state index is -3.76. The summed E-state index contributed by atoms with van der Waals surface area (Å²) in [4.78, 5) is 12.2. The maximum Gasteiger partial charge on any atom is 0.255 e. The molecule has 2 rings (SSSR count). The number of hydrogen-bond donors (Lipinski definition) is 1. The predicted molar refractivity (Wildman–Crippen MR) is 106 cm³/mol. The average molecular weight is 405 g/mol. The molecule has 0 radical (unpaired) electrons. The first kappa shape index (κ1) is 21.4. The highest BCUT2D eigenvalue weighted by Gasteiger charge is 2.22. The number of aryl methyl sites for hydroxylation is 1. The number of sulfonamides is 1. The number of rotatable bonds is 8. The van der Waals surface area contributed by atoms with E-state index in [1.807, 2.05) is 6.92 Å². The molecule has 0 aliphatic carbocycles. The van der Waals surface area contributed by atoms with Crippen molar-refractivity contribution in [3.63, 3.8) is 0 Å². The Morgan fingerprint density at radius 2 is 1.82 bits per heavy atom. The normalized spacial score (nSPS) is 11.6. The van der Waals surface area contributed by atoms with Gasteiger partial charge in [0.15, 0.2) is 0 Å². The van der Waals surface area contributed by atoms with Crippen molar-refractivity contribution in [2.75, 3.05) is 27.8 Å². The summed E-state index contributed by atoms with van der Waals surface area (Å²) in [6, 6.07) is 11.6. The van der Waals surface area contributed by atoms with E-state index in [2.05, 4.69) is 10.5 Å². The van der Waals surface area contributed by atoms with Crippen molar-refractivity contribution in [1.82, 2.24) is 9.73 Å². The number of amides is 1. The van der Waals surface area contributed by atoms with Gasteiger partial charge in [0, 0.05) is 12.6 Å². The monoisotopic (exact) mass is 405 g/mol. The zero-order chi connectivity index (χ0) is 20.7. The van der Waals surface area contributed by atoms with Gasteiger partial charge in [-0.2, -0.15) is 9.41 Å². The summed E-state index contributed by atoms with van der Waals surface area (Å²) in [6.45, 7) is 1.49. The number of ether oxygens (including phenoxy) is 2. The van der Waals surface area contributed by atoms with Crippen LogP contribution in [0, 0.1) is 6.92 Å². The molecule has 0 aliphatic heterocycles. The second kappa shape index (κ2) is 9.34. The lowest BCUT2D eigenvalue weighted by atomic mass is 10.2. The van der Waals surface area contributed by atoms with Crippen LogP contribution in [0.15, 0.2) is 52.5 Å². The van der Waals surface area contributed by atoms with Gasteiger partial charge in [-0.3, -0.25) is 4.79 Å². The van der Waals surface area contributed by atoms with E-state index < -0.39 is 15.9 Å². The maximum absolute atomic E-state index is 12.5. The highest BCUT2D eigenvalue weighted by atomic mass is 32.2. The van der Waals surface area contributed by atoms with Crippen LogP contribution < -0.4 is 14.9 Å². The Kier molecular flexibility index (Phi) is 7.13.